The third kappa shape index (κ3) is 10.7. The lowest BCUT2D eigenvalue weighted by atomic mass is 10.1. The number of pyridine rings is 1. The van der Waals surface area contributed by atoms with Crippen LogP contribution in [0.5, 0.6) is 0 Å². The van der Waals surface area contributed by atoms with Crippen LogP contribution in [0.4, 0.5) is 10.1 Å². The van der Waals surface area contributed by atoms with Gasteiger partial charge in [0.25, 0.3) is 0 Å². The highest BCUT2D eigenvalue weighted by atomic mass is 31.3. The Morgan fingerprint density at radius 3 is 2.42 bits per heavy atom. The van der Waals surface area contributed by atoms with Crippen molar-refractivity contribution in [2.75, 3.05) is 18.9 Å². The molecule has 2 aromatic heterocycles. The normalized spacial score (nSPS) is 22.6. The van der Waals surface area contributed by atoms with Gasteiger partial charge in [-0.1, -0.05) is 11.8 Å². The van der Waals surface area contributed by atoms with Gasteiger partial charge in [0.1, 0.15) is 17.9 Å². The number of terminal acetylenes is 2. The van der Waals surface area contributed by atoms with Crippen LogP contribution in [-0.2, 0) is 31.6 Å². The van der Waals surface area contributed by atoms with Gasteiger partial charge >= 0.3 is 23.4 Å². The van der Waals surface area contributed by atoms with Crippen molar-refractivity contribution in [2.45, 2.75) is 69.6 Å². The zero-order chi connectivity index (χ0) is 33.3. The molecule has 1 fully saturated rings. The largest absolute Gasteiger partial charge is 0.489 e. The molecule has 15 nitrogen and oxygen atoms in total. The first-order valence-corrected chi connectivity index (χ1v) is 18.2. The van der Waals surface area contributed by atoms with E-state index in [-0.39, 0.29) is 18.7 Å². The number of nitrogens with one attached hydrogen (secondary N) is 1. The molecule has 4 unspecified atom stereocenters. The lowest BCUT2D eigenvalue weighted by molar-refractivity contribution is -0.0199. The maximum Gasteiger partial charge on any atom is 0.489 e. The average molecular weight is 690 g/mol. The van der Waals surface area contributed by atoms with Gasteiger partial charge in [0.2, 0.25) is 0 Å². The fourth-order valence-electron chi connectivity index (χ4n) is 4.28. The number of rotatable bonds is 16. The SMILES string of the molecule is C#CCCCCC#Cc1cn([C@@H]2O[C@H](CNP(=O)(OCCCCC#C)OP(=O)(O)OP(=O)(O)O)C(O)C2F)c2nccc(N)c12. The summed E-state index contributed by atoms with van der Waals surface area (Å²) in [4.78, 5) is 31.8. The van der Waals surface area contributed by atoms with Crippen molar-refractivity contribution < 1.29 is 55.8 Å². The number of aliphatic hydroxyl groups is 1. The number of ether oxygens (including phenoxy) is 1. The molecular weight excluding hydrogens is 656 g/mol. The van der Waals surface area contributed by atoms with E-state index in [9.17, 15) is 23.7 Å². The van der Waals surface area contributed by atoms with E-state index in [0.717, 1.165) is 12.8 Å². The van der Waals surface area contributed by atoms with Crippen molar-refractivity contribution in [3.8, 4) is 36.5 Å². The number of unbranched alkanes of at least 4 members (excludes halogenated alkanes) is 5. The third-order valence-corrected chi connectivity index (χ3v) is 10.7. The monoisotopic (exact) mass is 690 g/mol. The van der Waals surface area contributed by atoms with E-state index in [1.165, 1.54) is 17.0 Å². The summed E-state index contributed by atoms with van der Waals surface area (Å²) in [6.45, 7) is -1.00. The van der Waals surface area contributed by atoms with Crippen molar-refractivity contribution in [2.24, 2.45) is 0 Å². The molecule has 0 saturated carbocycles. The second-order valence-corrected chi connectivity index (χ2v) is 14.5. The van der Waals surface area contributed by atoms with Crippen LogP contribution in [0.15, 0.2) is 18.5 Å². The van der Waals surface area contributed by atoms with Crippen molar-refractivity contribution in [1.29, 1.82) is 0 Å². The number of nitrogens with two attached hydrogens (primary N) is 1. The molecule has 0 radical (unpaired) electrons. The van der Waals surface area contributed by atoms with Crippen LogP contribution < -0.4 is 10.8 Å². The third-order valence-electron chi connectivity index (χ3n) is 6.29. The molecule has 0 amide bonds. The minimum absolute atomic E-state index is 0.221. The van der Waals surface area contributed by atoms with Crippen molar-refractivity contribution in [3.05, 3.63) is 24.0 Å². The number of halogens is 1. The summed E-state index contributed by atoms with van der Waals surface area (Å²) in [5.74, 6) is 11.0. The van der Waals surface area contributed by atoms with E-state index < -0.39 is 54.5 Å². The number of nitrogens with zero attached hydrogens (tertiary/aromatic N) is 2. The Balaban J connectivity index is 1.80. The quantitative estimate of drug-likeness (QED) is 0.0843. The fraction of sp³-hybridized carbons (Fsp3) is 0.500. The van der Waals surface area contributed by atoms with Crippen molar-refractivity contribution in [3.63, 3.8) is 0 Å². The molecule has 1 aliphatic rings. The topological polar surface area (TPSA) is 225 Å². The van der Waals surface area contributed by atoms with Crippen LogP contribution in [-0.4, -0.2) is 60.9 Å². The van der Waals surface area contributed by atoms with Gasteiger partial charge in [-0.15, -0.1) is 24.7 Å². The van der Waals surface area contributed by atoms with Crippen LogP contribution in [0, 0.1) is 36.5 Å². The van der Waals surface area contributed by atoms with Gasteiger partial charge in [0.05, 0.1) is 17.6 Å². The molecular formula is C26H34FN4O11P3. The summed E-state index contributed by atoms with van der Waals surface area (Å²) in [5, 5.41) is 13.3. The molecule has 1 saturated heterocycles. The highest BCUT2D eigenvalue weighted by molar-refractivity contribution is 7.67. The number of aromatic nitrogens is 2. The molecule has 2 aromatic rings. The lowest BCUT2D eigenvalue weighted by Crippen LogP contribution is -2.35. The highest BCUT2D eigenvalue weighted by Crippen LogP contribution is 2.66. The number of hydrogen-bond acceptors (Lipinski definition) is 10. The van der Waals surface area contributed by atoms with Gasteiger partial charge in [-0.05, 0) is 31.7 Å². The van der Waals surface area contributed by atoms with Crippen molar-refractivity contribution >= 4 is 40.1 Å². The van der Waals surface area contributed by atoms with Crippen LogP contribution in [0.1, 0.15) is 56.7 Å². The van der Waals surface area contributed by atoms with E-state index >= 15 is 4.39 Å². The molecule has 19 heteroatoms. The number of aliphatic hydroxyl groups excluding tert-OH is 1. The fourth-order valence-corrected chi connectivity index (χ4v) is 8.12. The number of anilines is 1. The van der Waals surface area contributed by atoms with Gasteiger partial charge < -0.3 is 34.8 Å². The van der Waals surface area contributed by atoms with Crippen LogP contribution in [0.2, 0.25) is 0 Å². The van der Waals surface area contributed by atoms with E-state index in [1.807, 2.05) is 0 Å². The number of alkyl halides is 1. The number of fused-ring (bicyclic) bond motifs is 1. The molecule has 0 spiro atoms. The molecule has 0 aliphatic carbocycles. The first-order valence-electron chi connectivity index (χ1n) is 13.6. The molecule has 0 aromatic carbocycles. The standard InChI is InChI=1S/C26H34FN4O11P3/c1-3-5-7-9-10-11-13-19-18-31(25-22(19)20(28)14-15-29-25)26-23(27)24(32)21(40-26)17-30-43(33,39-16-12-8-6-4-2)41-45(37,38)42-44(34,35)36/h1-2,14-15,18,21,23-24,26,32H,5-10,12,16-17H2,(H2,28,29)(H,30,33)(H,37,38)(H2,34,35,36)/t21-,23?,24?,26-,43?/m1/s1. The Labute approximate surface area is 259 Å². The first kappa shape index (κ1) is 36.9. The second-order valence-electron chi connectivity index (χ2n) is 9.74. The summed E-state index contributed by atoms with van der Waals surface area (Å²) in [5.41, 5.74) is 7.16. The van der Waals surface area contributed by atoms with E-state index in [0.29, 0.717) is 42.3 Å². The molecule has 6 atom stereocenters. The zero-order valence-electron chi connectivity index (χ0n) is 23.9. The summed E-state index contributed by atoms with van der Waals surface area (Å²) >= 11 is 0. The van der Waals surface area contributed by atoms with E-state index in [2.05, 4.69) is 42.4 Å². The van der Waals surface area contributed by atoms with Gasteiger partial charge in [-0.2, -0.15) is 8.62 Å². The maximum atomic E-state index is 15.5. The number of nitrogen functional groups attached to an aromatic ring is 1. The first-order chi connectivity index (χ1) is 21.2. The Morgan fingerprint density at radius 2 is 1.76 bits per heavy atom. The predicted molar refractivity (Wildman–Crippen MR) is 161 cm³/mol. The Bertz CT molecular complexity index is 1620. The van der Waals surface area contributed by atoms with Gasteiger partial charge in [0, 0.05) is 43.9 Å². The number of hydrogen-bond donors (Lipinski definition) is 6. The highest BCUT2D eigenvalue weighted by Gasteiger charge is 2.48. The predicted octanol–water partition coefficient (Wildman–Crippen LogP) is 3.50. The van der Waals surface area contributed by atoms with Gasteiger partial charge in [-0.25, -0.2) is 28.2 Å². The van der Waals surface area contributed by atoms with Crippen LogP contribution in [0.25, 0.3) is 11.0 Å². The Hall–Kier alpha value is -2.57. The van der Waals surface area contributed by atoms with Crippen LogP contribution in [0.3, 0.4) is 0 Å². The molecule has 3 rings (SSSR count). The Kier molecular flexibility index (Phi) is 13.4. The minimum atomic E-state index is -5.66. The Morgan fingerprint density at radius 1 is 1.09 bits per heavy atom. The number of phosphoric acid groups is 2. The molecule has 45 heavy (non-hydrogen) atoms. The van der Waals surface area contributed by atoms with Crippen LogP contribution >= 0.6 is 23.4 Å². The van der Waals surface area contributed by atoms with E-state index in [1.54, 1.807) is 6.07 Å². The van der Waals surface area contributed by atoms with E-state index in [4.69, 9.17) is 37.6 Å². The van der Waals surface area contributed by atoms with Gasteiger partial charge in [0.15, 0.2) is 12.4 Å². The summed E-state index contributed by atoms with van der Waals surface area (Å²) in [7, 11) is -16.1. The van der Waals surface area contributed by atoms with Crippen molar-refractivity contribution in [1.82, 2.24) is 14.6 Å². The molecule has 246 valence electrons. The maximum absolute atomic E-state index is 15.5. The molecule has 0 bridgehead atoms. The zero-order valence-corrected chi connectivity index (χ0v) is 26.6. The lowest BCUT2D eigenvalue weighted by Gasteiger charge is -2.23. The summed E-state index contributed by atoms with van der Waals surface area (Å²) < 4.78 is 72.4. The molecule has 3 heterocycles. The minimum Gasteiger partial charge on any atom is -0.398 e. The summed E-state index contributed by atoms with van der Waals surface area (Å²) in [6, 6.07) is 1.55. The van der Waals surface area contributed by atoms with Gasteiger partial charge in [-0.3, -0.25) is 4.52 Å². The average Bonchev–Trinajstić information content (AvgIpc) is 3.45. The summed E-state index contributed by atoms with van der Waals surface area (Å²) in [6.07, 6.45) is 10.3. The molecule has 7 N–H and O–H groups in total. The molecule has 1 aliphatic heterocycles. The smallest absolute Gasteiger partial charge is 0.398 e. The second kappa shape index (κ2) is 16.3.